The number of benzene rings is 2. The Morgan fingerprint density at radius 2 is 1.94 bits per heavy atom. The van der Waals surface area contributed by atoms with Crippen molar-refractivity contribution in [2.24, 2.45) is 4.99 Å². The van der Waals surface area contributed by atoms with E-state index in [0.717, 1.165) is 38.5 Å². The highest BCUT2D eigenvalue weighted by Gasteiger charge is 2.24. The SMILES string of the molecule is CCOc1ccc(N=C2NC(=O)/C(=C\c3cc(C)n(-c4cccc(Br)c4)c3C)S2)cc1. The average Bonchev–Trinajstić information content (AvgIpc) is 3.22. The third-order valence-corrected chi connectivity index (χ3v) is 6.26. The van der Waals surface area contributed by atoms with Crippen molar-refractivity contribution in [1.29, 1.82) is 0 Å². The smallest absolute Gasteiger partial charge is 0.264 e. The van der Waals surface area contributed by atoms with Gasteiger partial charge in [-0.1, -0.05) is 22.0 Å². The molecule has 31 heavy (non-hydrogen) atoms. The molecule has 1 aromatic heterocycles. The standard InChI is InChI=1S/C24H22BrN3O2S/c1-4-30-21-10-8-19(9-11-21)26-24-27-23(29)22(31-24)13-17-12-15(2)28(16(17)3)20-7-5-6-18(25)14-20/h5-14H,4H2,1-3H3,(H,26,27,29)/b22-13+. The van der Waals surface area contributed by atoms with E-state index in [1.54, 1.807) is 0 Å². The second-order valence-corrected chi connectivity index (χ2v) is 9.00. The highest BCUT2D eigenvalue weighted by Crippen LogP contribution is 2.31. The minimum atomic E-state index is -0.137. The van der Waals surface area contributed by atoms with Gasteiger partial charge in [0.1, 0.15) is 5.75 Å². The van der Waals surface area contributed by atoms with Crippen molar-refractivity contribution in [2.75, 3.05) is 6.61 Å². The topological polar surface area (TPSA) is 55.6 Å². The molecule has 1 fully saturated rings. The Hall–Kier alpha value is -2.77. The van der Waals surface area contributed by atoms with Crippen LogP contribution in [0.15, 0.2) is 69.0 Å². The number of amides is 1. The predicted molar refractivity (Wildman–Crippen MR) is 131 cm³/mol. The lowest BCUT2D eigenvalue weighted by Gasteiger charge is -2.10. The Labute approximate surface area is 194 Å². The summed E-state index contributed by atoms with van der Waals surface area (Å²) in [5.41, 5.74) is 5.04. The number of rotatable bonds is 5. The molecule has 0 saturated carbocycles. The van der Waals surface area contributed by atoms with Gasteiger partial charge >= 0.3 is 0 Å². The van der Waals surface area contributed by atoms with E-state index in [4.69, 9.17) is 4.74 Å². The van der Waals surface area contributed by atoms with Gasteiger partial charge in [-0.25, -0.2) is 4.99 Å². The molecule has 7 heteroatoms. The number of amidine groups is 1. The lowest BCUT2D eigenvalue weighted by atomic mass is 10.2. The fourth-order valence-electron chi connectivity index (χ4n) is 3.47. The second-order valence-electron chi connectivity index (χ2n) is 7.05. The number of aliphatic imine (C=N–C) groups is 1. The molecule has 4 rings (SSSR count). The fourth-order valence-corrected chi connectivity index (χ4v) is 4.69. The molecule has 2 heterocycles. The van der Waals surface area contributed by atoms with Crippen LogP contribution < -0.4 is 10.1 Å². The summed E-state index contributed by atoms with van der Waals surface area (Å²) in [6.45, 7) is 6.70. The summed E-state index contributed by atoms with van der Waals surface area (Å²) in [5.74, 6) is 0.665. The molecule has 0 aliphatic carbocycles. The quantitative estimate of drug-likeness (QED) is 0.432. The monoisotopic (exact) mass is 495 g/mol. The maximum Gasteiger partial charge on any atom is 0.264 e. The van der Waals surface area contributed by atoms with Gasteiger partial charge in [0.2, 0.25) is 0 Å². The van der Waals surface area contributed by atoms with E-state index in [1.807, 2.05) is 49.4 Å². The summed E-state index contributed by atoms with van der Waals surface area (Å²) in [5, 5.41) is 3.42. The molecule has 0 radical (unpaired) electrons. The number of nitrogens with one attached hydrogen (secondary N) is 1. The van der Waals surface area contributed by atoms with Gasteiger partial charge in [-0.2, -0.15) is 0 Å². The Balaban J connectivity index is 1.58. The first-order valence-corrected chi connectivity index (χ1v) is 11.5. The van der Waals surface area contributed by atoms with E-state index in [2.05, 4.69) is 62.9 Å². The maximum atomic E-state index is 12.5. The number of thioether (sulfide) groups is 1. The number of ether oxygens (including phenoxy) is 1. The van der Waals surface area contributed by atoms with Gasteiger partial charge in [0.15, 0.2) is 5.17 Å². The van der Waals surface area contributed by atoms with Gasteiger partial charge < -0.3 is 14.6 Å². The van der Waals surface area contributed by atoms with Crippen LogP contribution in [-0.2, 0) is 4.79 Å². The largest absolute Gasteiger partial charge is 0.494 e. The molecule has 1 aliphatic heterocycles. The minimum absolute atomic E-state index is 0.137. The average molecular weight is 496 g/mol. The molecule has 0 spiro atoms. The van der Waals surface area contributed by atoms with Gasteiger partial charge in [-0.05, 0) is 92.7 Å². The van der Waals surface area contributed by atoms with E-state index < -0.39 is 0 Å². The number of carbonyl (C=O) groups is 1. The molecule has 0 bridgehead atoms. The van der Waals surface area contributed by atoms with E-state index in [0.29, 0.717) is 16.7 Å². The third-order valence-electron chi connectivity index (χ3n) is 4.85. The molecular formula is C24H22BrN3O2S. The predicted octanol–water partition coefficient (Wildman–Crippen LogP) is 6.15. The molecule has 5 nitrogen and oxygen atoms in total. The molecule has 1 aliphatic rings. The molecule has 1 N–H and O–H groups in total. The maximum absolute atomic E-state index is 12.5. The fraction of sp³-hybridized carbons (Fsp3) is 0.167. The van der Waals surface area contributed by atoms with E-state index in [1.165, 1.54) is 11.8 Å². The Kier molecular flexibility index (Phi) is 6.34. The van der Waals surface area contributed by atoms with Crippen molar-refractivity contribution in [3.05, 3.63) is 80.9 Å². The van der Waals surface area contributed by atoms with Crippen molar-refractivity contribution in [3.63, 3.8) is 0 Å². The lowest BCUT2D eigenvalue weighted by Crippen LogP contribution is -2.19. The van der Waals surface area contributed by atoms with E-state index in [-0.39, 0.29) is 5.91 Å². The highest BCUT2D eigenvalue weighted by molar-refractivity contribution is 9.10. The van der Waals surface area contributed by atoms with Crippen LogP contribution in [0.25, 0.3) is 11.8 Å². The third kappa shape index (κ3) is 4.78. The molecular weight excluding hydrogens is 474 g/mol. The Morgan fingerprint density at radius 3 is 2.65 bits per heavy atom. The normalized spacial score (nSPS) is 16.2. The van der Waals surface area contributed by atoms with Gasteiger partial charge in [0.25, 0.3) is 5.91 Å². The van der Waals surface area contributed by atoms with Crippen molar-refractivity contribution in [2.45, 2.75) is 20.8 Å². The first-order chi connectivity index (χ1) is 14.9. The summed E-state index contributed by atoms with van der Waals surface area (Å²) in [7, 11) is 0. The summed E-state index contributed by atoms with van der Waals surface area (Å²) in [6.07, 6.45) is 1.93. The number of halogens is 1. The van der Waals surface area contributed by atoms with Crippen LogP contribution in [0.5, 0.6) is 5.75 Å². The molecule has 1 amide bonds. The van der Waals surface area contributed by atoms with Crippen molar-refractivity contribution in [1.82, 2.24) is 9.88 Å². The number of aryl methyl sites for hydroxylation is 1. The van der Waals surface area contributed by atoms with Crippen LogP contribution in [0.1, 0.15) is 23.9 Å². The lowest BCUT2D eigenvalue weighted by molar-refractivity contribution is -0.115. The van der Waals surface area contributed by atoms with Gasteiger partial charge in [-0.15, -0.1) is 0 Å². The number of carbonyl (C=O) groups excluding carboxylic acids is 1. The molecule has 0 unspecified atom stereocenters. The van der Waals surface area contributed by atoms with Crippen molar-refractivity contribution in [3.8, 4) is 11.4 Å². The zero-order valence-corrected chi connectivity index (χ0v) is 19.9. The minimum Gasteiger partial charge on any atom is -0.494 e. The van der Waals surface area contributed by atoms with Crippen LogP contribution in [0.4, 0.5) is 5.69 Å². The summed E-state index contributed by atoms with van der Waals surface area (Å²) in [4.78, 5) is 17.7. The van der Waals surface area contributed by atoms with Gasteiger partial charge in [0.05, 0.1) is 17.2 Å². The van der Waals surface area contributed by atoms with Gasteiger partial charge in [0, 0.05) is 21.5 Å². The van der Waals surface area contributed by atoms with Crippen molar-refractivity contribution < 1.29 is 9.53 Å². The summed E-state index contributed by atoms with van der Waals surface area (Å²) in [6, 6.07) is 17.8. The molecule has 1 saturated heterocycles. The number of aromatic nitrogens is 1. The highest BCUT2D eigenvalue weighted by atomic mass is 79.9. The Morgan fingerprint density at radius 1 is 1.16 bits per heavy atom. The number of hydrogen-bond acceptors (Lipinski definition) is 4. The number of hydrogen-bond donors (Lipinski definition) is 1. The van der Waals surface area contributed by atoms with E-state index >= 15 is 0 Å². The zero-order chi connectivity index (χ0) is 22.0. The first-order valence-electron chi connectivity index (χ1n) is 9.92. The zero-order valence-electron chi connectivity index (χ0n) is 17.5. The summed E-state index contributed by atoms with van der Waals surface area (Å²) < 4.78 is 8.67. The van der Waals surface area contributed by atoms with Crippen LogP contribution >= 0.6 is 27.7 Å². The molecule has 3 aromatic rings. The van der Waals surface area contributed by atoms with E-state index in [9.17, 15) is 4.79 Å². The Bertz CT molecular complexity index is 1200. The molecule has 158 valence electrons. The summed E-state index contributed by atoms with van der Waals surface area (Å²) >= 11 is 4.89. The van der Waals surface area contributed by atoms with Gasteiger partial charge in [-0.3, -0.25) is 4.79 Å². The van der Waals surface area contributed by atoms with Crippen LogP contribution in [0, 0.1) is 13.8 Å². The molecule has 0 atom stereocenters. The van der Waals surface area contributed by atoms with Crippen LogP contribution in [-0.4, -0.2) is 22.2 Å². The number of nitrogens with zero attached hydrogens (tertiary/aromatic N) is 2. The molecule has 2 aromatic carbocycles. The van der Waals surface area contributed by atoms with Crippen molar-refractivity contribution >= 4 is 50.5 Å². The second kappa shape index (κ2) is 9.16. The first kappa shape index (κ1) is 21.5. The van der Waals surface area contributed by atoms with Crippen LogP contribution in [0.3, 0.4) is 0 Å². The van der Waals surface area contributed by atoms with Crippen LogP contribution in [0.2, 0.25) is 0 Å².